The Morgan fingerprint density at radius 2 is 1.94 bits per heavy atom. The van der Waals surface area contributed by atoms with E-state index < -0.39 is 0 Å². The summed E-state index contributed by atoms with van der Waals surface area (Å²) in [5, 5.41) is 2.25. The van der Waals surface area contributed by atoms with Crippen LogP contribution in [0.5, 0.6) is 0 Å². The molecule has 1 atom stereocenters. The van der Waals surface area contributed by atoms with Gasteiger partial charge in [0.05, 0.1) is 12.2 Å². The molecule has 1 aliphatic carbocycles. The molecule has 2 fully saturated rings. The summed E-state index contributed by atoms with van der Waals surface area (Å²) < 4.78 is 0. The molecular formula is C24H34N6O. The zero-order valence-electron chi connectivity index (χ0n) is 18.2. The molecule has 3 N–H and O–H groups in total. The number of nitrogens with one attached hydrogen (secondary N) is 1. The lowest BCUT2D eigenvalue weighted by Crippen LogP contribution is -2.51. The Kier molecular flexibility index (Phi) is 7.61. The molecule has 0 radical (unpaired) electrons. The summed E-state index contributed by atoms with van der Waals surface area (Å²) in [6.07, 6.45) is 11.2. The van der Waals surface area contributed by atoms with E-state index in [0.29, 0.717) is 24.5 Å². The van der Waals surface area contributed by atoms with Crippen molar-refractivity contribution in [3.8, 4) is 11.3 Å². The van der Waals surface area contributed by atoms with Crippen LogP contribution in [0.15, 0.2) is 42.7 Å². The number of carbonyl (C=O) groups excluding carboxylic acids is 1. The largest absolute Gasteiger partial charge is 0.328 e. The summed E-state index contributed by atoms with van der Waals surface area (Å²) in [6.45, 7) is 3.38. The van der Waals surface area contributed by atoms with Gasteiger partial charge in [-0.2, -0.15) is 0 Å². The number of likely N-dealkylation sites (tertiary alicyclic amines) is 1. The standard InChI is InChI=1S/C24H34N6O/c25-21-6-8-22(9-7-21)28-30(18-19-3-2-14-29(17-19)15-16-31)24-5-1-4-23(27-24)20-10-12-26-13-11-20/h1,4-5,10-13,16,19,21-22,28H,2-3,6-9,14-15,17-18,25H2/t19-,21-,22-/m1/s1. The van der Waals surface area contributed by atoms with Crippen molar-refractivity contribution >= 4 is 12.1 Å². The topological polar surface area (TPSA) is 87.4 Å². The van der Waals surface area contributed by atoms with Gasteiger partial charge in [-0.1, -0.05) is 6.07 Å². The van der Waals surface area contributed by atoms with Crippen molar-refractivity contribution < 1.29 is 4.79 Å². The Labute approximate surface area is 185 Å². The van der Waals surface area contributed by atoms with Gasteiger partial charge in [-0.3, -0.25) is 14.9 Å². The lowest BCUT2D eigenvalue weighted by Gasteiger charge is -2.38. The van der Waals surface area contributed by atoms with Gasteiger partial charge in [-0.15, -0.1) is 0 Å². The van der Waals surface area contributed by atoms with Crippen LogP contribution in [-0.2, 0) is 4.79 Å². The van der Waals surface area contributed by atoms with Crippen molar-refractivity contribution in [2.75, 3.05) is 31.2 Å². The zero-order chi connectivity index (χ0) is 21.5. The second-order valence-electron chi connectivity index (χ2n) is 8.90. The van der Waals surface area contributed by atoms with E-state index in [1.807, 2.05) is 18.2 Å². The monoisotopic (exact) mass is 422 g/mol. The fraction of sp³-hybridized carbons (Fsp3) is 0.542. The van der Waals surface area contributed by atoms with Gasteiger partial charge in [0.25, 0.3) is 0 Å². The fourth-order valence-electron chi connectivity index (χ4n) is 4.77. The molecule has 2 aromatic rings. The van der Waals surface area contributed by atoms with E-state index in [4.69, 9.17) is 10.7 Å². The third-order valence-electron chi connectivity index (χ3n) is 6.47. The zero-order valence-corrected chi connectivity index (χ0v) is 18.2. The molecule has 3 heterocycles. The van der Waals surface area contributed by atoms with Crippen LogP contribution in [0.4, 0.5) is 5.82 Å². The second kappa shape index (κ2) is 10.8. The normalized spacial score (nSPS) is 24.6. The molecule has 1 saturated carbocycles. The summed E-state index contributed by atoms with van der Waals surface area (Å²) in [7, 11) is 0. The number of piperidine rings is 1. The number of anilines is 1. The van der Waals surface area contributed by atoms with E-state index in [0.717, 1.165) is 75.1 Å². The summed E-state index contributed by atoms with van der Waals surface area (Å²) >= 11 is 0. The molecule has 0 unspecified atom stereocenters. The highest BCUT2D eigenvalue weighted by atomic mass is 16.1. The predicted molar refractivity (Wildman–Crippen MR) is 123 cm³/mol. The first-order chi connectivity index (χ1) is 15.2. The Hall–Kier alpha value is -2.35. The molecule has 2 aliphatic rings. The first kappa shape index (κ1) is 21.9. The lowest BCUT2D eigenvalue weighted by molar-refractivity contribution is -0.109. The van der Waals surface area contributed by atoms with E-state index in [-0.39, 0.29) is 0 Å². The Balaban J connectivity index is 1.52. The van der Waals surface area contributed by atoms with Crippen molar-refractivity contribution in [3.63, 3.8) is 0 Å². The van der Waals surface area contributed by atoms with Crippen LogP contribution in [0.2, 0.25) is 0 Å². The van der Waals surface area contributed by atoms with E-state index in [2.05, 4.69) is 32.5 Å². The molecule has 1 saturated heterocycles. The van der Waals surface area contributed by atoms with Crippen molar-refractivity contribution in [3.05, 3.63) is 42.7 Å². The lowest BCUT2D eigenvalue weighted by atomic mass is 9.92. The number of hydrogen-bond acceptors (Lipinski definition) is 7. The van der Waals surface area contributed by atoms with Gasteiger partial charge < -0.3 is 10.5 Å². The maximum atomic E-state index is 11.0. The molecular weight excluding hydrogens is 388 g/mol. The molecule has 0 bridgehead atoms. The number of pyridine rings is 2. The number of carbonyl (C=O) groups is 1. The second-order valence-corrected chi connectivity index (χ2v) is 8.90. The Bertz CT molecular complexity index is 824. The van der Waals surface area contributed by atoms with E-state index in [9.17, 15) is 4.79 Å². The molecule has 7 heteroatoms. The average molecular weight is 423 g/mol. The van der Waals surface area contributed by atoms with Crippen molar-refractivity contribution in [2.24, 2.45) is 11.7 Å². The van der Waals surface area contributed by atoms with Crippen LogP contribution in [0.1, 0.15) is 38.5 Å². The van der Waals surface area contributed by atoms with Crippen molar-refractivity contribution in [1.82, 2.24) is 20.3 Å². The van der Waals surface area contributed by atoms with Crippen LogP contribution in [0.25, 0.3) is 11.3 Å². The maximum Gasteiger partial charge on any atom is 0.143 e. The number of nitrogens with zero attached hydrogens (tertiary/aromatic N) is 4. The Morgan fingerprint density at radius 1 is 1.13 bits per heavy atom. The van der Waals surface area contributed by atoms with Gasteiger partial charge in [0.15, 0.2) is 0 Å². The van der Waals surface area contributed by atoms with Gasteiger partial charge in [0.2, 0.25) is 0 Å². The summed E-state index contributed by atoms with van der Waals surface area (Å²) in [5.74, 6) is 1.44. The minimum absolute atomic E-state index is 0.329. The van der Waals surface area contributed by atoms with Gasteiger partial charge >= 0.3 is 0 Å². The Morgan fingerprint density at radius 3 is 2.71 bits per heavy atom. The van der Waals surface area contributed by atoms with Gasteiger partial charge in [0, 0.05) is 43.1 Å². The van der Waals surface area contributed by atoms with Crippen LogP contribution in [0.3, 0.4) is 0 Å². The molecule has 166 valence electrons. The summed E-state index contributed by atoms with van der Waals surface area (Å²) in [6, 6.07) is 10.9. The minimum Gasteiger partial charge on any atom is -0.328 e. The number of aldehydes is 1. The molecule has 7 nitrogen and oxygen atoms in total. The van der Waals surface area contributed by atoms with Crippen molar-refractivity contribution in [2.45, 2.75) is 50.6 Å². The molecule has 0 amide bonds. The molecule has 1 aliphatic heterocycles. The van der Waals surface area contributed by atoms with Crippen LogP contribution in [0, 0.1) is 5.92 Å². The number of aromatic nitrogens is 2. The van der Waals surface area contributed by atoms with Crippen LogP contribution in [-0.4, -0.2) is 59.4 Å². The van der Waals surface area contributed by atoms with Gasteiger partial charge in [0.1, 0.15) is 12.1 Å². The summed E-state index contributed by atoms with van der Waals surface area (Å²) in [4.78, 5) is 22.4. The quantitative estimate of drug-likeness (QED) is 0.499. The molecule has 4 rings (SSSR count). The van der Waals surface area contributed by atoms with E-state index in [1.54, 1.807) is 12.4 Å². The first-order valence-corrected chi connectivity index (χ1v) is 11.5. The fourth-order valence-corrected chi connectivity index (χ4v) is 4.77. The van der Waals surface area contributed by atoms with Crippen molar-refractivity contribution in [1.29, 1.82) is 0 Å². The SMILES string of the molecule is N[C@H]1CC[C@H](NN(C[C@@H]2CCCN(CC=O)C2)c2cccc(-c3ccncc3)n2)CC1. The molecule has 2 aromatic heterocycles. The third kappa shape index (κ3) is 6.09. The highest BCUT2D eigenvalue weighted by Crippen LogP contribution is 2.24. The van der Waals surface area contributed by atoms with Crippen LogP contribution < -0.4 is 16.2 Å². The minimum atomic E-state index is 0.329. The average Bonchev–Trinajstić information content (AvgIpc) is 2.81. The van der Waals surface area contributed by atoms with Gasteiger partial charge in [-0.05, 0) is 75.3 Å². The predicted octanol–water partition coefficient (Wildman–Crippen LogP) is 2.64. The molecule has 31 heavy (non-hydrogen) atoms. The maximum absolute atomic E-state index is 11.0. The highest BCUT2D eigenvalue weighted by molar-refractivity contribution is 5.60. The van der Waals surface area contributed by atoms with E-state index >= 15 is 0 Å². The van der Waals surface area contributed by atoms with Crippen LogP contribution >= 0.6 is 0 Å². The first-order valence-electron chi connectivity index (χ1n) is 11.5. The van der Waals surface area contributed by atoms with Gasteiger partial charge in [-0.25, -0.2) is 10.4 Å². The molecule has 0 aromatic carbocycles. The summed E-state index contributed by atoms with van der Waals surface area (Å²) in [5.41, 5.74) is 11.9. The third-order valence-corrected chi connectivity index (χ3v) is 6.47. The highest BCUT2D eigenvalue weighted by Gasteiger charge is 2.26. The number of nitrogens with two attached hydrogens (primary N) is 1. The molecule has 0 spiro atoms. The number of hydrogen-bond donors (Lipinski definition) is 2. The number of rotatable bonds is 8. The van der Waals surface area contributed by atoms with E-state index in [1.165, 1.54) is 6.42 Å². The smallest absolute Gasteiger partial charge is 0.143 e. The number of hydrazine groups is 1.